The summed E-state index contributed by atoms with van der Waals surface area (Å²) in [6.45, 7) is 3.64. The Balaban J connectivity index is 2.40. The lowest BCUT2D eigenvalue weighted by atomic mass is 10.2. The molecule has 0 unspecified atom stereocenters. The van der Waals surface area contributed by atoms with E-state index in [2.05, 4.69) is 27.3 Å². The van der Waals surface area contributed by atoms with Gasteiger partial charge in [0.15, 0.2) is 0 Å². The molecule has 0 saturated carbocycles. The highest BCUT2D eigenvalue weighted by atomic mass is 79.9. The van der Waals surface area contributed by atoms with Crippen LogP contribution in [0.25, 0.3) is 0 Å². The van der Waals surface area contributed by atoms with Crippen LogP contribution in [0.3, 0.4) is 0 Å². The van der Waals surface area contributed by atoms with Crippen molar-refractivity contribution in [3.8, 4) is 5.75 Å². The Morgan fingerprint density at radius 2 is 2.27 bits per heavy atom. The van der Waals surface area contributed by atoms with Crippen molar-refractivity contribution in [2.75, 3.05) is 6.54 Å². The van der Waals surface area contributed by atoms with Gasteiger partial charge in [0.2, 0.25) is 0 Å². The van der Waals surface area contributed by atoms with Crippen molar-refractivity contribution < 1.29 is 5.11 Å². The van der Waals surface area contributed by atoms with E-state index in [4.69, 9.17) is 0 Å². The third kappa shape index (κ3) is 4.49. The van der Waals surface area contributed by atoms with Gasteiger partial charge in [-0.3, -0.25) is 0 Å². The van der Waals surface area contributed by atoms with Crippen LogP contribution in [0.2, 0.25) is 0 Å². The molecule has 0 atom stereocenters. The summed E-state index contributed by atoms with van der Waals surface area (Å²) < 4.78 is 0.991. The molecule has 0 aliphatic rings. The van der Waals surface area contributed by atoms with Crippen LogP contribution >= 0.6 is 15.9 Å². The average molecular weight is 270 g/mol. The Hall–Kier alpha value is -0.800. The zero-order valence-electron chi connectivity index (χ0n) is 8.83. The summed E-state index contributed by atoms with van der Waals surface area (Å²) in [6, 6.07) is 5.46. The van der Waals surface area contributed by atoms with Crippen LogP contribution in [0.4, 0.5) is 0 Å². The van der Waals surface area contributed by atoms with Gasteiger partial charge in [-0.05, 0) is 38.1 Å². The molecule has 0 radical (unpaired) electrons. The van der Waals surface area contributed by atoms with E-state index in [-0.39, 0.29) is 0 Å². The van der Waals surface area contributed by atoms with Crippen molar-refractivity contribution in [3.05, 3.63) is 40.4 Å². The molecule has 1 aromatic rings. The SMILES string of the molecule is C/C=C/CCNCc1cc(Br)ccc1O. The van der Waals surface area contributed by atoms with Crippen LogP contribution in [-0.4, -0.2) is 11.7 Å². The molecule has 0 bridgehead atoms. The Kier molecular flexibility index (Phi) is 5.43. The van der Waals surface area contributed by atoms with Crippen molar-refractivity contribution in [3.63, 3.8) is 0 Å². The number of hydrogen-bond donors (Lipinski definition) is 2. The molecule has 15 heavy (non-hydrogen) atoms. The maximum absolute atomic E-state index is 9.56. The quantitative estimate of drug-likeness (QED) is 0.636. The lowest BCUT2D eigenvalue weighted by Gasteiger charge is -2.06. The summed E-state index contributed by atoms with van der Waals surface area (Å²) in [5, 5.41) is 12.8. The molecule has 0 aromatic heterocycles. The van der Waals surface area contributed by atoms with Gasteiger partial charge in [-0.2, -0.15) is 0 Å². The van der Waals surface area contributed by atoms with E-state index in [1.54, 1.807) is 6.07 Å². The van der Waals surface area contributed by atoms with Gasteiger partial charge in [-0.15, -0.1) is 0 Å². The molecule has 0 aliphatic heterocycles. The zero-order valence-corrected chi connectivity index (χ0v) is 10.4. The van der Waals surface area contributed by atoms with Gasteiger partial charge < -0.3 is 10.4 Å². The fraction of sp³-hybridized carbons (Fsp3) is 0.333. The van der Waals surface area contributed by atoms with E-state index in [0.717, 1.165) is 23.0 Å². The van der Waals surface area contributed by atoms with Crippen LogP contribution in [0.1, 0.15) is 18.9 Å². The molecule has 1 rings (SSSR count). The van der Waals surface area contributed by atoms with Gasteiger partial charge in [0.1, 0.15) is 5.75 Å². The second kappa shape index (κ2) is 6.64. The van der Waals surface area contributed by atoms with Gasteiger partial charge in [-0.1, -0.05) is 28.1 Å². The second-order valence-corrected chi connectivity index (χ2v) is 4.22. The molecule has 3 heteroatoms. The van der Waals surface area contributed by atoms with Gasteiger partial charge in [0, 0.05) is 16.6 Å². The summed E-state index contributed by atoms with van der Waals surface area (Å²) in [5.74, 6) is 0.344. The number of aromatic hydroxyl groups is 1. The first-order valence-corrected chi connectivity index (χ1v) is 5.82. The van der Waals surface area contributed by atoms with Gasteiger partial charge in [0.25, 0.3) is 0 Å². The predicted molar refractivity (Wildman–Crippen MR) is 66.9 cm³/mol. The molecule has 0 spiro atoms. The summed E-state index contributed by atoms with van der Waals surface area (Å²) in [5.41, 5.74) is 0.921. The fourth-order valence-electron chi connectivity index (χ4n) is 1.27. The minimum absolute atomic E-state index is 0.344. The number of hydrogen-bond acceptors (Lipinski definition) is 2. The van der Waals surface area contributed by atoms with E-state index in [9.17, 15) is 5.11 Å². The maximum atomic E-state index is 9.56. The Bertz CT molecular complexity index is 336. The van der Waals surface area contributed by atoms with E-state index in [0.29, 0.717) is 12.3 Å². The number of benzene rings is 1. The van der Waals surface area contributed by atoms with Crippen LogP contribution in [0.5, 0.6) is 5.75 Å². The Morgan fingerprint density at radius 1 is 1.47 bits per heavy atom. The zero-order chi connectivity index (χ0) is 11.1. The second-order valence-electron chi connectivity index (χ2n) is 3.31. The summed E-state index contributed by atoms with van der Waals surface area (Å²) in [7, 11) is 0. The third-order valence-electron chi connectivity index (χ3n) is 2.08. The van der Waals surface area contributed by atoms with E-state index < -0.39 is 0 Å². The maximum Gasteiger partial charge on any atom is 0.120 e. The molecule has 2 N–H and O–H groups in total. The number of nitrogens with one attached hydrogen (secondary N) is 1. The first-order chi connectivity index (χ1) is 7.24. The van der Waals surface area contributed by atoms with E-state index in [1.165, 1.54) is 0 Å². The van der Waals surface area contributed by atoms with Crippen LogP contribution in [-0.2, 0) is 6.54 Å². The molecular weight excluding hydrogens is 254 g/mol. The first-order valence-electron chi connectivity index (χ1n) is 5.03. The monoisotopic (exact) mass is 269 g/mol. The molecule has 2 nitrogen and oxygen atoms in total. The highest BCUT2D eigenvalue weighted by Crippen LogP contribution is 2.21. The van der Waals surface area contributed by atoms with Gasteiger partial charge in [0.05, 0.1) is 0 Å². The minimum Gasteiger partial charge on any atom is -0.508 e. The highest BCUT2D eigenvalue weighted by Gasteiger charge is 2.00. The summed E-state index contributed by atoms with van der Waals surface area (Å²) >= 11 is 3.38. The number of phenols is 1. The van der Waals surface area contributed by atoms with Gasteiger partial charge in [-0.25, -0.2) is 0 Å². The molecule has 0 aliphatic carbocycles. The predicted octanol–water partition coefficient (Wildman–Crippen LogP) is 3.21. The Labute approximate surface area is 99.1 Å². The molecule has 1 aromatic carbocycles. The summed E-state index contributed by atoms with van der Waals surface area (Å²) in [6.07, 6.45) is 5.18. The number of phenolic OH excluding ortho intramolecular Hbond substituents is 1. The largest absolute Gasteiger partial charge is 0.508 e. The Morgan fingerprint density at radius 3 is 3.00 bits per heavy atom. The smallest absolute Gasteiger partial charge is 0.120 e. The average Bonchev–Trinajstić information content (AvgIpc) is 2.23. The fourth-order valence-corrected chi connectivity index (χ4v) is 1.68. The lowest BCUT2D eigenvalue weighted by molar-refractivity contribution is 0.464. The third-order valence-corrected chi connectivity index (χ3v) is 2.57. The molecule has 0 amide bonds. The van der Waals surface area contributed by atoms with Crippen molar-refractivity contribution in [1.82, 2.24) is 5.32 Å². The number of allylic oxidation sites excluding steroid dienone is 1. The molecule has 0 fully saturated rings. The van der Waals surface area contributed by atoms with Crippen molar-refractivity contribution in [2.24, 2.45) is 0 Å². The van der Waals surface area contributed by atoms with Crippen molar-refractivity contribution >= 4 is 15.9 Å². The van der Waals surface area contributed by atoms with Gasteiger partial charge >= 0.3 is 0 Å². The van der Waals surface area contributed by atoms with E-state index in [1.807, 2.05) is 25.1 Å². The lowest BCUT2D eigenvalue weighted by Crippen LogP contribution is -2.14. The molecule has 0 heterocycles. The topological polar surface area (TPSA) is 32.3 Å². The van der Waals surface area contributed by atoms with E-state index >= 15 is 0 Å². The minimum atomic E-state index is 0.344. The normalized spacial score (nSPS) is 11.1. The van der Waals surface area contributed by atoms with Crippen molar-refractivity contribution in [1.29, 1.82) is 0 Å². The first kappa shape index (κ1) is 12.3. The standard InChI is InChI=1S/C12H16BrNO/c1-2-3-4-7-14-9-10-8-11(13)5-6-12(10)15/h2-3,5-6,8,14-15H,4,7,9H2,1H3/b3-2+. The summed E-state index contributed by atoms with van der Waals surface area (Å²) in [4.78, 5) is 0. The molecule has 82 valence electrons. The molecular formula is C12H16BrNO. The number of rotatable bonds is 5. The molecule has 0 saturated heterocycles. The van der Waals surface area contributed by atoms with Crippen LogP contribution < -0.4 is 5.32 Å². The number of halogens is 1. The van der Waals surface area contributed by atoms with Crippen molar-refractivity contribution in [2.45, 2.75) is 19.9 Å². The highest BCUT2D eigenvalue weighted by molar-refractivity contribution is 9.10. The van der Waals surface area contributed by atoms with Crippen LogP contribution in [0.15, 0.2) is 34.8 Å². The van der Waals surface area contributed by atoms with Crippen LogP contribution in [0, 0.1) is 0 Å².